The summed E-state index contributed by atoms with van der Waals surface area (Å²) in [6.45, 7) is 6.83. The Balaban J connectivity index is 1.44. The lowest BCUT2D eigenvalue weighted by molar-refractivity contribution is -0.166. The molecule has 7 heteroatoms. The van der Waals surface area contributed by atoms with Crippen molar-refractivity contribution in [2.24, 2.45) is 0 Å². The first-order valence-corrected chi connectivity index (χ1v) is 13.9. The molecule has 1 aromatic heterocycles. The molecule has 1 fully saturated rings. The van der Waals surface area contributed by atoms with E-state index >= 15 is 0 Å². The molecule has 2 atom stereocenters. The van der Waals surface area contributed by atoms with Gasteiger partial charge in [0, 0.05) is 29.9 Å². The molecule has 7 nitrogen and oxygen atoms in total. The van der Waals surface area contributed by atoms with Gasteiger partial charge >= 0.3 is 0 Å². The number of aromatic amines is 1. The summed E-state index contributed by atoms with van der Waals surface area (Å²) in [5.74, 6) is 1.09. The van der Waals surface area contributed by atoms with Gasteiger partial charge in [-0.2, -0.15) is 0 Å². The zero-order chi connectivity index (χ0) is 28.0. The molecule has 40 heavy (non-hydrogen) atoms. The van der Waals surface area contributed by atoms with Crippen molar-refractivity contribution < 1.29 is 19.1 Å². The second kappa shape index (κ2) is 10.0. The van der Waals surface area contributed by atoms with Crippen LogP contribution in [0, 0.1) is 0 Å². The monoisotopic (exact) mass is 537 g/mol. The number of benzene rings is 3. The van der Waals surface area contributed by atoms with Crippen molar-refractivity contribution in [3.63, 3.8) is 0 Å². The molecule has 1 saturated heterocycles. The average molecular weight is 538 g/mol. The minimum atomic E-state index is -1.12. The van der Waals surface area contributed by atoms with Crippen molar-refractivity contribution in [2.75, 3.05) is 26.7 Å². The largest absolute Gasteiger partial charge is 0.493 e. The van der Waals surface area contributed by atoms with Crippen LogP contribution in [0.1, 0.15) is 49.1 Å². The van der Waals surface area contributed by atoms with Crippen LogP contribution in [-0.4, -0.2) is 59.4 Å². The third-order valence-electron chi connectivity index (χ3n) is 8.28. The molecule has 2 unspecified atom stereocenters. The molecule has 0 aliphatic carbocycles. The van der Waals surface area contributed by atoms with E-state index in [1.165, 1.54) is 0 Å². The summed E-state index contributed by atoms with van der Waals surface area (Å²) in [5, 5.41) is 1.06. The molecule has 2 aliphatic rings. The Morgan fingerprint density at radius 3 is 2.50 bits per heavy atom. The highest BCUT2D eigenvalue weighted by Crippen LogP contribution is 2.49. The SMILES string of the molecule is COc1cc(C2CN3C(=O)CN(CCc4ccccc4)C(=O)C3(C)c3[nH]c4ccccc4c32)ccc1OC(C)C. The number of rotatable bonds is 7. The van der Waals surface area contributed by atoms with Gasteiger partial charge in [0.05, 0.1) is 25.5 Å². The summed E-state index contributed by atoms with van der Waals surface area (Å²) >= 11 is 0. The number of hydrogen-bond donors (Lipinski definition) is 1. The van der Waals surface area contributed by atoms with E-state index in [9.17, 15) is 9.59 Å². The first kappa shape index (κ1) is 26.0. The maximum absolute atomic E-state index is 14.3. The van der Waals surface area contributed by atoms with Crippen LogP contribution in [0.4, 0.5) is 0 Å². The molecular formula is C33H35N3O4. The number of methoxy groups -OCH3 is 1. The van der Waals surface area contributed by atoms with Gasteiger partial charge in [0.1, 0.15) is 0 Å². The molecule has 3 heterocycles. The van der Waals surface area contributed by atoms with Gasteiger partial charge in [0.25, 0.3) is 5.91 Å². The first-order chi connectivity index (χ1) is 19.3. The summed E-state index contributed by atoms with van der Waals surface area (Å²) < 4.78 is 11.7. The van der Waals surface area contributed by atoms with Gasteiger partial charge in [-0.15, -0.1) is 0 Å². The highest BCUT2D eigenvalue weighted by molar-refractivity contribution is 6.01. The highest BCUT2D eigenvalue weighted by atomic mass is 16.5. The number of nitrogens with zero attached hydrogens (tertiary/aromatic N) is 2. The van der Waals surface area contributed by atoms with E-state index in [-0.39, 0.29) is 30.4 Å². The first-order valence-electron chi connectivity index (χ1n) is 13.9. The fourth-order valence-electron chi connectivity index (χ4n) is 6.32. The van der Waals surface area contributed by atoms with Crippen LogP contribution >= 0.6 is 0 Å². The Bertz CT molecular complexity index is 1580. The highest BCUT2D eigenvalue weighted by Gasteiger charge is 2.56. The number of ether oxygens (including phenoxy) is 2. The van der Waals surface area contributed by atoms with Gasteiger partial charge < -0.3 is 24.3 Å². The minimum absolute atomic E-state index is 0.0113. The number of carbonyl (C=O) groups is 2. The molecule has 2 amide bonds. The quantitative estimate of drug-likeness (QED) is 0.350. The number of carbonyl (C=O) groups excluding carboxylic acids is 2. The molecule has 4 aromatic rings. The van der Waals surface area contributed by atoms with Gasteiger partial charge in [0.2, 0.25) is 5.91 Å². The molecule has 3 aromatic carbocycles. The third kappa shape index (κ3) is 4.21. The Morgan fingerprint density at radius 1 is 1.00 bits per heavy atom. The molecule has 0 bridgehead atoms. The Hall–Kier alpha value is -4.26. The zero-order valence-corrected chi connectivity index (χ0v) is 23.4. The van der Waals surface area contributed by atoms with Crippen molar-refractivity contribution in [2.45, 2.75) is 44.8 Å². The summed E-state index contributed by atoms with van der Waals surface area (Å²) in [6.07, 6.45) is 0.708. The summed E-state index contributed by atoms with van der Waals surface area (Å²) in [7, 11) is 1.64. The molecule has 6 rings (SSSR count). The molecule has 0 saturated carbocycles. The van der Waals surface area contributed by atoms with E-state index < -0.39 is 5.54 Å². The second-order valence-electron chi connectivity index (χ2n) is 11.1. The molecule has 0 radical (unpaired) electrons. The van der Waals surface area contributed by atoms with Crippen LogP contribution in [0.15, 0.2) is 72.8 Å². The summed E-state index contributed by atoms with van der Waals surface area (Å²) in [6, 6.07) is 24.2. The van der Waals surface area contributed by atoms with Crippen LogP contribution in [0.5, 0.6) is 11.5 Å². The fourth-order valence-corrected chi connectivity index (χ4v) is 6.32. The van der Waals surface area contributed by atoms with Crippen LogP contribution in [0.25, 0.3) is 10.9 Å². The third-order valence-corrected chi connectivity index (χ3v) is 8.28. The van der Waals surface area contributed by atoms with E-state index in [1.54, 1.807) is 16.9 Å². The van der Waals surface area contributed by atoms with E-state index in [2.05, 4.69) is 23.2 Å². The predicted octanol–water partition coefficient (Wildman–Crippen LogP) is 5.24. The molecule has 1 N–H and O–H groups in total. The summed E-state index contributed by atoms with van der Waals surface area (Å²) in [4.78, 5) is 35.1. The van der Waals surface area contributed by atoms with Gasteiger partial charge in [-0.1, -0.05) is 54.6 Å². The van der Waals surface area contributed by atoms with Crippen LogP contribution in [0.3, 0.4) is 0 Å². The number of amides is 2. The number of hydrogen-bond acceptors (Lipinski definition) is 4. The summed E-state index contributed by atoms with van der Waals surface area (Å²) in [5.41, 5.74) is 3.82. The predicted molar refractivity (Wildman–Crippen MR) is 155 cm³/mol. The van der Waals surface area contributed by atoms with Crippen LogP contribution < -0.4 is 9.47 Å². The molecule has 0 spiro atoms. The zero-order valence-electron chi connectivity index (χ0n) is 23.4. The Morgan fingerprint density at radius 2 is 1.75 bits per heavy atom. The maximum Gasteiger partial charge on any atom is 0.254 e. The second-order valence-corrected chi connectivity index (χ2v) is 11.1. The fraction of sp³-hybridized carbons (Fsp3) is 0.333. The molecule has 2 aliphatic heterocycles. The number of nitrogens with one attached hydrogen (secondary N) is 1. The number of aromatic nitrogens is 1. The van der Waals surface area contributed by atoms with Crippen molar-refractivity contribution in [3.8, 4) is 11.5 Å². The normalized spacial score (nSPS) is 20.6. The molecular weight excluding hydrogens is 502 g/mol. The lowest BCUT2D eigenvalue weighted by Gasteiger charge is -2.51. The smallest absolute Gasteiger partial charge is 0.254 e. The van der Waals surface area contributed by atoms with Gasteiger partial charge in [-0.3, -0.25) is 9.59 Å². The topological polar surface area (TPSA) is 74.9 Å². The minimum Gasteiger partial charge on any atom is -0.493 e. The lowest BCUT2D eigenvalue weighted by atomic mass is 9.76. The van der Waals surface area contributed by atoms with Crippen molar-refractivity contribution in [1.82, 2.24) is 14.8 Å². The maximum atomic E-state index is 14.3. The van der Waals surface area contributed by atoms with Crippen LogP contribution in [0.2, 0.25) is 0 Å². The van der Waals surface area contributed by atoms with Gasteiger partial charge in [-0.05, 0) is 62.1 Å². The van der Waals surface area contributed by atoms with Crippen LogP contribution in [-0.2, 0) is 21.5 Å². The number of H-pyrrole nitrogens is 1. The van der Waals surface area contributed by atoms with E-state index in [1.807, 2.05) is 75.4 Å². The van der Waals surface area contributed by atoms with E-state index in [0.29, 0.717) is 31.0 Å². The average Bonchev–Trinajstić information content (AvgIpc) is 3.36. The number of para-hydroxylation sites is 1. The van der Waals surface area contributed by atoms with Crippen molar-refractivity contribution in [3.05, 3.63) is 95.2 Å². The van der Waals surface area contributed by atoms with Crippen molar-refractivity contribution in [1.29, 1.82) is 0 Å². The van der Waals surface area contributed by atoms with Gasteiger partial charge in [-0.25, -0.2) is 0 Å². The van der Waals surface area contributed by atoms with Gasteiger partial charge in [0.15, 0.2) is 17.0 Å². The van der Waals surface area contributed by atoms with E-state index in [0.717, 1.165) is 33.3 Å². The Kier molecular flexibility index (Phi) is 6.53. The number of fused-ring (bicyclic) bond motifs is 5. The van der Waals surface area contributed by atoms with E-state index in [4.69, 9.17) is 9.47 Å². The van der Waals surface area contributed by atoms with Crippen molar-refractivity contribution >= 4 is 22.7 Å². The number of piperazine rings is 1. The Labute approximate surface area is 234 Å². The lowest BCUT2D eigenvalue weighted by Crippen LogP contribution is -2.67. The molecule has 206 valence electrons. The standard InChI is InChI=1S/C33H35N3O4/c1-21(2)40-27-15-14-23(18-28(27)39-4)25-19-36-29(37)20-35(17-16-22-10-6-5-7-11-22)32(38)33(36,3)31-30(25)24-12-8-9-13-26(24)34-31/h5-15,18,21,25,34H,16-17,19-20H2,1-4H3.